The van der Waals surface area contributed by atoms with Crippen LogP contribution in [-0.2, 0) is 4.79 Å². The van der Waals surface area contributed by atoms with Crippen LogP contribution in [0.2, 0.25) is 5.02 Å². The molecule has 2 rings (SSSR count). The fourth-order valence-electron chi connectivity index (χ4n) is 1.81. The summed E-state index contributed by atoms with van der Waals surface area (Å²) in [6, 6.07) is 7.41. The van der Waals surface area contributed by atoms with Crippen molar-refractivity contribution in [1.29, 1.82) is 5.26 Å². The minimum atomic E-state index is 0.316. The number of carbonyl (C=O) groups is 1. The highest BCUT2D eigenvalue weighted by Crippen LogP contribution is 2.24. The van der Waals surface area contributed by atoms with E-state index in [9.17, 15) is 4.79 Å². The zero-order chi connectivity index (χ0) is 11.5. The Kier molecular flexibility index (Phi) is 3.12. The molecule has 0 spiro atoms. The number of piperidine rings is 1. The molecule has 1 aliphatic heterocycles. The average molecular weight is 235 g/mol. The summed E-state index contributed by atoms with van der Waals surface area (Å²) in [6.45, 7) is 1.47. The van der Waals surface area contributed by atoms with Crippen LogP contribution in [0.25, 0.3) is 0 Å². The van der Waals surface area contributed by atoms with E-state index in [1.165, 1.54) is 0 Å². The van der Waals surface area contributed by atoms with Crippen LogP contribution in [0.5, 0.6) is 0 Å². The molecule has 4 heteroatoms. The second-order valence-corrected chi connectivity index (χ2v) is 4.21. The van der Waals surface area contributed by atoms with Crippen molar-refractivity contribution in [3.8, 4) is 6.07 Å². The van der Waals surface area contributed by atoms with E-state index in [4.69, 9.17) is 16.9 Å². The first kappa shape index (κ1) is 11.0. The third kappa shape index (κ3) is 2.17. The van der Waals surface area contributed by atoms with Gasteiger partial charge >= 0.3 is 0 Å². The first-order chi connectivity index (χ1) is 7.70. The molecule has 0 bridgehead atoms. The molecule has 0 amide bonds. The number of nitriles is 1. The van der Waals surface area contributed by atoms with Gasteiger partial charge in [-0.1, -0.05) is 11.6 Å². The number of carbonyl (C=O) groups excluding carboxylic acids is 1. The molecular formula is C12H11ClN2O. The molecule has 0 radical (unpaired) electrons. The van der Waals surface area contributed by atoms with Crippen molar-refractivity contribution < 1.29 is 4.79 Å². The fraction of sp³-hybridized carbons (Fsp3) is 0.333. The average Bonchev–Trinajstić information content (AvgIpc) is 2.30. The maximum absolute atomic E-state index is 11.1. The molecule has 0 unspecified atom stereocenters. The maximum Gasteiger partial charge on any atom is 0.136 e. The van der Waals surface area contributed by atoms with Crippen LogP contribution in [0.1, 0.15) is 18.4 Å². The van der Waals surface area contributed by atoms with Crippen LogP contribution >= 0.6 is 11.6 Å². The summed E-state index contributed by atoms with van der Waals surface area (Å²) in [7, 11) is 0. The minimum Gasteiger partial charge on any atom is -0.371 e. The molecule has 1 aromatic carbocycles. The minimum absolute atomic E-state index is 0.316. The zero-order valence-electron chi connectivity index (χ0n) is 8.74. The van der Waals surface area contributed by atoms with Crippen LogP contribution in [0, 0.1) is 11.3 Å². The topological polar surface area (TPSA) is 44.1 Å². The van der Waals surface area contributed by atoms with E-state index >= 15 is 0 Å². The van der Waals surface area contributed by atoms with E-state index < -0.39 is 0 Å². The molecule has 3 nitrogen and oxygen atoms in total. The van der Waals surface area contributed by atoms with Gasteiger partial charge in [0.1, 0.15) is 11.9 Å². The molecule has 1 heterocycles. The lowest BCUT2D eigenvalue weighted by Crippen LogP contribution is -2.33. The predicted octanol–water partition coefficient (Wildman–Crippen LogP) is 2.38. The van der Waals surface area contributed by atoms with Gasteiger partial charge in [-0.25, -0.2) is 0 Å². The number of halogens is 1. The van der Waals surface area contributed by atoms with Gasteiger partial charge in [0.05, 0.1) is 10.6 Å². The molecule has 0 aliphatic carbocycles. The van der Waals surface area contributed by atoms with Crippen molar-refractivity contribution in [3.63, 3.8) is 0 Å². The fourth-order valence-corrected chi connectivity index (χ4v) is 2.02. The molecule has 0 N–H and O–H groups in total. The lowest BCUT2D eigenvalue weighted by Gasteiger charge is -2.28. The highest BCUT2D eigenvalue weighted by Gasteiger charge is 2.16. The maximum atomic E-state index is 11.1. The summed E-state index contributed by atoms with van der Waals surface area (Å²) in [4.78, 5) is 13.2. The number of nitrogens with zero attached hydrogens (tertiary/aromatic N) is 2. The van der Waals surface area contributed by atoms with Gasteiger partial charge < -0.3 is 4.90 Å². The number of benzene rings is 1. The van der Waals surface area contributed by atoms with E-state index in [-0.39, 0.29) is 0 Å². The number of hydrogen-bond donors (Lipinski definition) is 0. The molecule has 1 aromatic rings. The summed E-state index contributed by atoms with van der Waals surface area (Å²) in [6.07, 6.45) is 1.19. The van der Waals surface area contributed by atoms with E-state index in [0.717, 1.165) is 18.8 Å². The number of Topliss-reactive ketones (excluding diaryl/α,β-unsaturated/α-hetero) is 1. The zero-order valence-corrected chi connectivity index (χ0v) is 9.50. The molecule has 16 heavy (non-hydrogen) atoms. The van der Waals surface area contributed by atoms with Gasteiger partial charge in [0.25, 0.3) is 0 Å². The lowest BCUT2D eigenvalue weighted by molar-refractivity contribution is -0.119. The van der Waals surface area contributed by atoms with Crippen LogP contribution in [0.15, 0.2) is 18.2 Å². The Morgan fingerprint density at radius 1 is 1.31 bits per heavy atom. The first-order valence-electron chi connectivity index (χ1n) is 5.17. The Bertz CT molecular complexity index is 455. The summed E-state index contributed by atoms with van der Waals surface area (Å²) in [5.74, 6) is 0.316. The predicted molar refractivity (Wildman–Crippen MR) is 62.6 cm³/mol. The highest BCUT2D eigenvalue weighted by molar-refractivity contribution is 6.32. The van der Waals surface area contributed by atoms with Crippen LogP contribution in [-0.4, -0.2) is 18.9 Å². The van der Waals surface area contributed by atoms with Gasteiger partial charge in [0, 0.05) is 31.6 Å². The largest absolute Gasteiger partial charge is 0.371 e. The molecule has 0 aromatic heterocycles. The second-order valence-electron chi connectivity index (χ2n) is 3.80. The van der Waals surface area contributed by atoms with Gasteiger partial charge in [0.15, 0.2) is 0 Å². The van der Waals surface area contributed by atoms with Gasteiger partial charge in [0.2, 0.25) is 0 Å². The Morgan fingerprint density at radius 3 is 2.56 bits per heavy atom. The highest BCUT2D eigenvalue weighted by atomic mass is 35.5. The van der Waals surface area contributed by atoms with Gasteiger partial charge in [-0.15, -0.1) is 0 Å². The summed E-state index contributed by atoms with van der Waals surface area (Å²) < 4.78 is 0. The van der Waals surface area contributed by atoms with Crippen molar-refractivity contribution in [2.75, 3.05) is 18.0 Å². The number of rotatable bonds is 1. The third-order valence-corrected chi connectivity index (χ3v) is 3.07. The van der Waals surface area contributed by atoms with Crippen molar-refractivity contribution in [2.45, 2.75) is 12.8 Å². The standard InChI is InChI=1S/C12H11ClN2O/c13-12-7-10(2-1-9(12)8-14)15-5-3-11(16)4-6-15/h1-2,7H,3-6H2. The third-order valence-electron chi connectivity index (χ3n) is 2.76. The Morgan fingerprint density at radius 2 is 2.00 bits per heavy atom. The van der Waals surface area contributed by atoms with Crippen LogP contribution in [0.3, 0.4) is 0 Å². The van der Waals surface area contributed by atoms with E-state index in [1.807, 2.05) is 12.1 Å². The quantitative estimate of drug-likeness (QED) is 0.750. The summed E-state index contributed by atoms with van der Waals surface area (Å²) in [5, 5.41) is 9.23. The van der Waals surface area contributed by atoms with Gasteiger partial charge in [-0.05, 0) is 18.2 Å². The van der Waals surface area contributed by atoms with Crippen LogP contribution in [0.4, 0.5) is 5.69 Å². The SMILES string of the molecule is N#Cc1ccc(N2CCC(=O)CC2)cc1Cl. The van der Waals surface area contributed by atoms with Crippen molar-refractivity contribution in [3.05, 3.63) is 28.8 Å². The van der Waals surface area contributed by atoms with E-state index in [1.54, 1.807) is 12.1 Å². The van der Waals surface area contributed by atoms with E-state index in [0.29, 0.717) is 29.2 Å². The molecule has 1 aliphatic rings. The van der Waals surface area contributed by atoms with Gasteiger partial charge in [-0.3, -0.25) is 4.79 Å². The Hall–Kier alpha value is -1.53. The number of hydrogen-bond acceptors (Lipinski definition) is 3. The molecule has 0 atom stereocenters. The summed E-state index contributed by atoms with van der Waals surface area (Å²) >= 11 is 5.96. The van der Waals surface area contributed by atoms with Crippen molar-refractivity contribution >= 4 is 23.1 Å². The molecule has 1 fully saturated rings. The summed E-state index contributed by atoms with van der Waals surface area (Å²) in [5.41, 5.74) is 1.47. The second kappa shape index (κ2) is 4.54. The molecular weight excluding hydrogens is 224 g/mol. The Balaban J connectivity index is 2.19. The Labute approximate surface area is 99.2 Å². The first-order valence-corrected chi connectivity index (χ1v) is 5.55. The van der Waals surface area contributed by atoms with Crippen LogP contribution < -0.4 is 4.90 Å². The van der Waals surface area contributed by atoms with E-state index in [2.05, 4.69) is 4.90 Å². The smallest absolute Gasteiger partial charge is 0.136 e. The van der Waals surface area contributed by atoms with Crippen molar-refractivity contribution in [1.82, 2.24) is 0 Å². The lowest BCUT2D eigenvalue weighted by atomic mass is 10.1. The monoisotopic (exact) mass is 234 g/mol. The molecule has 1 saturated heterocycles. The number of anilines is 1. The number of ketones is 1. The van der Waals surface area contributed by atoms with Crippen molar-refractivity contribution in [2.24, 2.45) is 0 Å². The van der Waals surface area contributed by atoms with Gasteiger partial charge in [-0.2, -0.15) is 5.26 Å². The molecule has 0 saturated carbocycles. The molecule has 82 valence electrons. The normalized spacial score (nSPS) is 16.0.